The molecular weight excluding hydrogens is 208 g/mol. The zero-order valence-corrected chi connectivity index (χ0v) is 11.5. The number of hydrogen-bond acceptors (Lipinski definition) is 1. The maximum absolute atomic E-state index is 5.59. The van der Waals surface area contributed by atoms with E-state index in [1.54, 1.807) is 6.26 Å². The summed E-state index contributed by atoms with van der Waals surface area (Å²) in [4.78, 5) is 0. The molecular formula is C16H28O. The summed E-state index contributed by atoms with van der Waals surface area (Å²) < 4.78 is 5.59. The highest BCUT2D eigenvalue weighted by Crippen LogP contribution is 2.08. The van der Waals surface area contributed by atoms with Crippen LogP contribution in [0.1, 0.15) is 58.8 Å². The van der Waals surface area contributed by atoms with Crippen LogP contribution in [-0.2, 0) is 4.74 Å². The monoisotopic (exact) mass is 236 g/mol. The molecule has 0 spiro atoms. The Balaban J connectivity index is 3.62. The summed E-state index contributed by atoms with van der Waals surface area (Å²) in [6, 6.07) is 0. The first-order chi connectivity index (χ1) is 8.35. The van der Waals surface area contributed by atoms with Crippen molar-refractivity contribution in [3.05, 3.63) is 37.1 Å². The summed E-state index contributed by atoms with van der Waals surface area (Å²) in [5.74, 6) is 0. The molecule has 1 unspecified atom stereocenters. The Bertz CT molecular complexity index is 216. The number of rotatable bonds is 11. The zero-order chi connectivity index (χ0) is 12.8. The van der Waals surface area contributed by atoms with Crippen molar-refractivity contribution in [3.8, 4) is 0 Å². The maximum atomic E-state index is 5.59. The van der Waals surface area contributed by atoms with Crippen molar-refractivity contribution in [1.29, 1.82) is 0 Å². The fourth-order valence-corrected chi connectivity index (χ4v) is 1.53. The van der Waals surface area contributed by atoms with E-state index in [1.165, 1.54) is 32.1 Å². The standard InChI is InChI=1S/C16H28O/c1-4-7-9-10-11-13-15-17-16(6-3)14-12-8-5-2/h6,10-11,13,15-16H,3-5,7-9,12,14H2,1-2H3/b11-10+,15-13-. The topological polar surface area (TPSA) is 9.23 Å². The minimum absolute atomic E-state index is 0.168. The molecule has 0 saturated heterocycles. The summed E-state index contributed by atoms with van der Waals surface area (Å²) in [6.07, 6.45) is 18.5. The number of ether oxygens (including phenoxy) is 1. The minimum atomic E-state index is 0.168. The number of unbranched alkanes of at least 4 members (excludes halogenated alkanes) is 4. The van der Waals surface area contributed by atoms with E-state index in [1.807, 2.05) is 12.2 Å². The fraction of sp³-hybridized carbons (Fsp3) is 0.625. The summed E-state index contributed by atoms with van der Waals surface area (Å²) in [5, 5.41) is 0. The lowest BCUT2D eigenvalue weighted by Crippen LogP contribution is -2.04. The molecule has 0 aromatic rings. The van der Waals surface area contributed by atoms with Crippen LogP contribution >= 0.6 is 0 Å². The van der Waals surface area contributed by atoms with E-state index in [-0.39, 0.29) is 6.10 Å². The van der Waals surface area contributed by atoms with Crippen molar-refractivity contribution >= 4 is 0 Å². The Morgan fingerprint density at radius 1 is 1.06 bits per heavy atom. The van der Waals surface area contributed by atoms with Gasteiger partial charge in [0.25, 0.3) is 0 Å². The van der Waals surface area contributed by atoms with E-state index in [2.05, 4.69) is 32.6 Å². The molecule has 0 aromatic carbocycles. The zero-order valence-electron chi connectivity index (χ0n) is 11.5. The van der Waals surface area contributed by atoms with Crippen LogP contribution in [0.25, 0.3) is 0 Å². The summed E-state index contributed by atoms with van der Waals surface area (Å²) in [6.45, 7) is 8.22. The predicted octanol–water partition coefficient (Wildman–Crippen LogP) is 5.40. The Hall–Kier alpha value is -0.980. The first-order valence-electron chi connectivity index (χ1n) is 6.94. The highest BCUT2D eigenvalue weighted by molar-refractivity contribution is 5.00. The summed E-state index contributed by atoms with van der Waals surface area (Å²) in [5.41, 5.74) is 0. The molecule has 1 nitrogen and oxygen atoms in total. The molecule has 0 rings (SSSR count). The molecule has 1 heteroatoms. The van der Waals surface area contributed by atoms with Gasteiger partial charge in [-0.2, -0.15) is 0 Å². The molecule has 0 N–H and O–H groups in total. The Labute approximate surface area is 107 Å². The van der Waals surface area contributed by atoms with Gasteiger partial charge in [0, 0.05) is 0 Å². The Morgan fingerprint density at radius 3 is 2.47 bits per heavy atom. The minimum Gasteiger partial charge on any atom is -0.494 e. The second-order valence-corrected chi connectivity index (χ2v) is 4.30. The van der Waals surface area contributed by atoms with Gasteiger partial charge in [-0.25, -0.2) is 0 Å². The molecule has 0 radical (unpaired) electrons. The third-order valence-corrected chi connectivity index (χ3v) is 2.66. The average molecular weight is 236 g/mol. The van der Waals surface area contributed by atoms with Gasteiger partial charge in [-0.05, 0) is 25.3 Å². The van der Waals surface area contributed by atoms with Gasteiger partial charge in [-0.15, -0.1) is 0 Å². The van der Waals surface area contributed by atoms with Crippen LogP contribution in [0.2, 0.25) is 0 Å². The van der Waals surface area contributed by atoms with Gasteiger partial charge < -0.3 is 4.74 Å². The summed E-state index contributed by atoms with van der Waals surface area (Å²) in [7, 11) is 0. The second-order valence-electron chi connectivity index (χ2n) is 4.30. The van der Waals surface area contributed by atoms with Gasteiger partial charge in [-0.3, -0.25) is 0 Å². The van der Waals surface area contributed by atoms with Gasteiger partial charge in [0.15, 0.2) is 0 Å². The van der Waals surface area contributed by atoms with E-state index >= 15 is 0 Å². The molecule has 0 fully saturated rings. The van der Waals surface area contributed by atoms with Crippen molar-refractivity contribution in [2.45, 2.75) is 64.9 Å². The highest BCUT2D eigenvalue weighted by atomic mass is 16.5. The SMILES string of the molecule is C=CC(CCCCC)O/C=C\C=C\CCCC. The lowest BCUT2D eigenvalue weighted by molar-refractivity contribution is 0.175. The predicted molar refractivity (Wildman–Crippen MR) is 77.0 cm³/mol. The van der Waals surface area contributed by atoms with Crippen molar-refractivity contribution < 1.29 is 4.74 Å². The quantitative estimate of drug-likeness (QED) is 0.202. The highest BCUT2D eigenvalue weighted by Gasteiger charge is 2.00. The second kappa shape index (κ2) is 13.1. The first kappa shape index (κ1) is 16.0. The van der Waals surface area contributed by atoms with E-state index < -0.39 is 0 Å². The lowest BCUT2D eigenvalue weighted by Gasteiger charge is -2.11. The Kier molecular flexibility index (Phi) is 12.3. The van der Waals surface area contributed by atoms with Crippen LogP contribution in [0.4, 0.5) is 0 Å². The fourth-order valence-electron chi connectivity index (χ4n) is 1.53. The van der Waals surface area contributed by atoms with Crippen molar-refractivity contribution in [1.82, 2.24) is 0 Å². The molecule has 0 aliphatic rings. The largest absolute Gasteiger partial charge is 0.494 e. The van der Waals surface area contributed by atoms with Gasteiger partial charge in [0.05, 0.1) is 6.26 Å². The third-order valence-electron chi connectivity index (χ3n) is 2.66. The van der Waals surface area contributed by atoms with E-state index in [4.69, 9.17) is 4.74 Å². The van der Waals surface area contributed by atoms with E-state index in [0.717, 1.165) is 12.8 Å². The molecule has 0 aliphatic heterocycles. The lowest BCUT2D eigenvalue weighted by atomic mass is 10.1. The van der Waals surface area contributed by atoms with Crippen LogP contribution in [0.3, 0.4) is 0 Å². The van der Waals surface area contributed by atoms with E-state index in [0.29, 0.717) is 0 Å². The van der Waals surface area contributed by atoms with Crippen molar-refractivity contribution in [2.24, 2.45) is 0 Å². The van der Waals surface area contributed by atoms with Crippen molar-refractivity contribution in [2.75, 3.05) is 0 Å². The van der Waals surface area contributed by atoms with Crippen LogP contribution in [0.15, 0.2) is 37.1 Å². The third kappa shape index (κ3) is 11.3. The van der Waals surface area contributed by atoms with E-state index in [9.17, 15) is 0 Å². The molecule has 17 heavy (non-hydrogen) atoms. The van der Waals surface area contributed by atoms with Gasteiger partial charge in [0.2, 0.25) is 0 Å². The molecule has 0 aliphatic carbocycles. The number of allylic oxidation sites excluding steroid dienone is 3. The molecule has 98 valence electrons. The first-order valence-corrected chi connectivity index (χ1v) is 6.94. The maximum Gasteiger partial charge on any atom is 0.116 e. The van der Waals surface area contributed by atoms with Crippen LogP contribution in [-0.4, -0.2) is 6.10 Å². The van der Waals surface area contributed by atoms with Gasteiger partial charge >= 0.3 is 0 Å². The molecule has 0 bridgehead atoms. The van der Waals surface area contributed by atoms with Gasteiger partial charge in [0.1, 0.15) is 6.10 Å². The average Bonchev–Trinajstić information content (AvgIpc) is 2.35. The smallest absolute Gasteiger partial charge is 0.116 e. The Morgan fingerprint density at radius 2 is 1.82 bits per heavy atom. The molecule has 0 amide bonds. The number of hydrogen-bond donors (Lipinski definition) is 0. The van der Waals surface area contributed by atoms with Crippen LogP contribution < -0.4 is 0 Å². The molecule has 0 saturated carbocycles. The molecule has 0 heterocycles. The normalized spacial score (nSPS) is 13.3. The molecule has 1 atom stereocenters. The van der Waals surface area contributed by atoms with Crippen molar-refractivity contribution in [3.63, 3.8) is 0 Å². The van der Waals surface area contributed by atoms with Crippen LogP contribution in [0.5, 0.6) is 0 Å². The summed E-state index contributed by atoms with van der Waals surface area (Å²) >= 11 is 0. The van der Waals surface area contributed by atoms with Crippen LogP contribution in [0, 0.1) is 0 Å². The van der Waals surface area contributed by atoms with Gasteiger partial charge in [-0.1, -0.05) is 64.3 Å². The molecule has 0 aromatic heterocycles.